The van der Waals surface area contributed by atoms with Crippen LogP contribution in [-0.4, -0.2) is 63.1 Å². The lowest BCUT2D eigenvalue weighted by Gasteiger charge is -2.73. The second kappa shape index (κ2) is 10.3. The molecule has 6 fully saturated rings. The van der Waals surface area contributed by atoms with Gasteiger partial charge in [-0.1, -0.05) is 46.8 Å². The monoisotopic (exact) mass is 583 g/mol. The maximum Gasteiger partial charge on any atom is 0.362 e. The minimum Gasteiger partial charge on any atom is -0.854 e. The average Bonchev–Trinajstić information content (AvgIpc) is 3.31. The molecule has 10 atom stereocenters. The Balaban J connectivity index is 1.23. The molecular formula is C37H61NO4. The third-order valence-corrected chi connectivity index (χ3v) is 15.8. The number of carbonyl (C=O) groups is 1. The molecule has 5 saturated carbocycles. The van der Waals surface area contributed by atoms with Crippen LogP contribution in [0, 0.1) is 56.7 Å². The minimum atomic E-state index is -0.0356. The number of carbonyl (C=O) groups excluding carboxylic acids is 1. The Bertz CT molecular complexity index is 1080. The second-order valence-corrected chi connectivity index (χ2v) is 17.9. The van der Waals surface area contributed by atoms with Gasteiger partial charge in [0, 0.05) is 5.41 Å². The number of ether oxygens (including phenoxy) is 2. The van der Waals surface area contributed by atoms with Crippen LogP contribution in [0.3, 0.4) is 0 Å². The van der Waals surface area contributed by atoms with Gasteiger partial charge in [-0.05, 0) is 122 Å². The highest BCUT2D eigenvalue weighted by atomic mass is 16.5. The molecular weight excluding hydrogens is 522 g/mol. The number of quaternary nitrogens is 1. The van der Waals surface area contributed by atoms with E-state index in [9.17, 15) is 9.90 Å². The standard InChI is InChI=1S/C37H61NO4/c1-25(2)26-11-16-37(24-39)18-17-35(6)27(32(26)37)9-10-29-34(5)14-13-30(33(3,4)28(34)12-15-36(29,35)7)42-31(40)23-38(8)19-21-41-22-20-38/h26-30,32H,1,9-24H2,2-8H3/t26?,27?,28?,29?,30-,32?,34-,35+,36+,37+/m0/s1. The summed E-state index contributed by atoms with van der Waals surface area (Å²) in [6.45, 7) is 23.2. The van der Waals surface area contributed by atoms with E-state index in [4.69, 9.17) is 9.47 Å². The molecule has 5 unspecified atom stereocenters. The summed E-state index contributed by atoms with van der Waals surface area (Å²) in [5.74, 6) is 2.91. The zero-order valence-electron chi connectivity index (χ0n) is 28.1. The van der Waals surface area contributed by atoms with Crippen molar-refractivity contribution in [3.8, 4) is 0 Å². The predicted octanol–water partition coefficient (Wildman–Crippen LogP) is 6.39. The quantitative estimate of drug-likeness (QED) is 0.214. The molecule has 42 heavy (non-hydrogen) atoms. The van der Waals surface area contributed by atoms with Crippen LogP contribution >= 0.6 is 0 Å². The largest absolute Gasteiger partial charge is 0.854 e. The van der Waals surface area contributed by atoms with Gasteiger partial charge in [0.05, 0.1) is 20.3 Å². The van der Waals surface area contributed by atoms with E-state index < -0.39 is 0 Å². The highest BCUT2D eigenvalue weighted by Gasteiger charge is 2.70. The predicted molar refractivity (Wildman–Crippen MR) is 165 cm³/mol. The molecule has 0 spiro atoms. The molecule has 0 amide bonds. The van der Waals surface area contributed by atoms with Gasteiger partial charge in [0.1, 0.15) is 19.2 Å². The van der Waals surface area contributed by atoms with Gasteiger partial charge in [0.25, 0.3) is 0 Å². The third-order valence-electron chi connectivity index (χ3n) is 15.8. The second-order valence-electron chi connectivity index (χ2n) is 17.9. The van der Waals surface area contributed by atoms with Crippen LogP contribution in [0.25, 0.3) is 0 Å². The van der Waals surface area contributed by atoms with Crippen LogP contribution in [-0.2, 0) is 14.3 Å². The Hall–Kier alpha value is -0.910. The molecule has 0 aromatic carbocycles. The zero-order chi connectivity index (χ0) is 30.3. The summed E-state index contributed by atoms with van der Waals surface area (Å²) in [5, 5.41) is 12.9. The van der Waals surface area contributed by atoms with Crippen molar-refractivity contribution in [3.05, 3.63) is 12.2 Å². The van der Waals surface area contributed by atoms with E-state index in [1.165, 1.54) is 44.1 Å². The molecule has 0 N–H and O–H groups in total. The van der Waals surface area contributed by atoms with E-state index in [1.807, 2.05) is 0 Å². The van der Waals surface area contributed by atoms with Crippen LogP contribution in [0.1, 0.15) is 106 Å². The number of rotatable bonds is 5. The fourth-order valence-electron chi connectivity index (χ4n) is 13.2. The summed E-state index contributed by atoms with van der Waals surface area (Å²) in [7, 11) is 2.17. The van der Waals surface area contributed by atoms with Crippen LogP contribution in [0.5, 0.6) is 0 Å². The zero-order valence-corrected chi connectivity index (χ0v) is 28.1. The van der Waals surface area contributed by atoms with Crippen LogP contribution in [0.2, 0.25) is 0 Å². The highest BCUT2D eigenvalue weighted by molar-refractivity contribution is 5.71. The smallest absolute Gasteiger partial charge is 0.362 e. The van der Waals surface area contributed by atoms with E-state index in [0.29, 0.717) is 36.1 Å². The Morgan fingerprint density at radius 3 is 2.29 bits per heavy atom. The number of fused-ring (bicyclic) bond motifs is 7. The lowest BCUT2D eigenvalue weighted by molar-refractivity contribution is -0.910. The third kappa shape index (κ3) is 4.36. The first-order chi connectivity index (χ1) is 19.7. The lowest BCUT2D eigenvalue weighted by Crippen LogP contribution is -2.67. The van der Waals surface area contributed by atoms with Gasteiger partial charge in [-0.15, -0.1) is 6.61 Å². The molecule has 0 aromatic rings. The molecule has 5 nitrogen and oxygen atoms in total. The first kappa shape index (κ1) is 31.1. The normalized spacial score (nSPS) is 49.1. The van der Waals surface area contributed by atoms with Gasteiger partial charge < -0.3 is 19.1 Å². The summed E-state index contributed by atoms with van der Waals surface area (Å²) < 4.78 is 12.7. The summed E-state index contributed by atoms with van der Waals surface area (Å²) in [6, 6.07) is 0. The van der Waals surface area contributed by atoms with E-state index in [-0.39, 0.29) is 45.8 Å². The van der Waals surface area contributed by atoms with E-state index in [1.54, 1.807) is 0 Å². The molecule has 6 rings (SSSR count). The first-order valence-corrected chi connectivity index (χ1v) is 17.5. The maximum absolute atomic E-state index is 13.3. The minimum absolute atomic E-state index is 0.00243. The number of likely N-dealkylation sites (N-methyl/N-ethyl adjacent to an activating group) is 1. The lowest BCUT2D eigenvalue weighted by atomic mass is 9.32. The van der Waals surface area contributed by atoms with E-state index >= 15 is 0 Å². The van der Waals surface area contributed by atoms with Crippen LogP contribution in [0.4, 0.5) is 0 Å². The van der Waals surface area contributed by atoms with Crippen molar-refractivity contribution in [1.82, 2.24) is 0 Å². The fraction of sp³-hybridized carbons (Fsp3) is 0.919. The van der Waals surface area contributed by atoms with Crippen LogP contribution < -0.4 is 5.11 Å². The van der Waals surface area contributed by atoms with Crippen molar-refractivity contribution in [2.45, 2.75) is 112 Å². The number of hydrogen-bond acceptors (Lipinski definition) is 4. The summed E-state index contributed by atoms with van der Waals surface area (Å²) in [4.78, 5) is 13.3. The van der Waals surface area contributed by atoms with Crippen molar-refractivity contribution in [1.29, 1.82) is 0 Å². The number of hydrogen-bond donors (Lipinski definition) is 0. The first-order valence-electron chi connectivity index (χ1n) is 17.5. The molecule has 1 aliphatic heterocycles. The van der Waals surface area contributed by atoms with Crippen molar-refractivity contribution >= 4 is 5.97 Å². The van der Waals surface area contributed by atoms with Crippen molar-refractivity contribution < 1.29 is 23.9 Å². The van der Waals surface area contributed by atoms with Crippen molar-refractivity contribution in [3.63, 3.8) is 0 Å². The Morgan fingerprint density at radius 1 is 0.905 bits per heavy atom. The van der Waals surface area contributed by atoms with Crippen molar-refractivity contribution in [2.24, 2.45) is 56.7 Å². The number of allylic oxidation sites excluding steroid dienone is 1. The number of nitrogens with zero attached hydrogens (tertiary/aromatic N) is 1. The fourth-order valence-corrected chi connectivity index (χ4v) is 13.2. The summed E-state index contributed by atoms with van der Waals surface area (Å²) in [5.41, 5.74) is 2.10. The molecule has 238 valence electrons. The Labute approximate surface area is 256 Å². The van der Waals surface area contributed by atoms with Gasteiger partial charge in [-0.2, -0.15) is 0 Å². The molecule has 1 heterocycles. The molecule has 0 bridgehead atoms. The highest BCUT2D eigenvalue weighted by Crippen LogP contribution is 2.77. The number of esters is 1. The van der Waals surface area contributed by atoms with Crippen LogP contribution in [0.15, 0.2) is 12.2 Å². The van der Waals surface area contributed by atoms with Gasteiger partial charge in [0.15, 0.2) is 6.54 Å². The van der Waals surface area contributed by atoms with Crippen molar-refractivity contribution in [2.75, 3.05) is 46.5 Å². The Kier molecular flexibility index (Phi) is 7.63. The van der Waals surface area contributed by atoms with Gasteiger partial charge >= 0.3 is 5.97 Å². The molecule has 5 aliphatic carbocycles. The molecule has 0 aromatic heterocycles. The van der Waals surface area contributed by atoms with E-state index in [2.05, 4.69) is 55.2 Å². The average molecular weight is 584 g/mol. The molecule has 1 saturated heterocycles. The number of morpholine rings is 1. The maximum atomic E-state index is 13.3. The van der Waals surface area contributed by atoms with E-state index in [0.717, 1.165) is 56.5 Å². The topological polar surface area (TPSA) is 58.6 Å². The van der Waals surface area contributed by atoms with Gasteiger partial charge in [-0.3, -0.25) is 0 Å². The summed E-state index contributed by atoms with van der Waals surface area (Å²) >= 11 is 0. The summed E-state index contributed by atoms with van der Waals surface area (Å²) in [6.07, 6.45) is 11.8. The van der Waals surface area contributed by atoms with Gasteiger partial charge in [-0.25, -0.2) is 4.79 Å². The molecule has 0 radical (unpaired) electrons. The SMILES string of the molecule is C=C(C)C1CC[C@]2(C[O-])CC[C@]3(C)C(CCC4[C@@]5(C)CC[C@H](OC(=O)C[N+]6(C)CCOCC6)C(C)(C)C5CC[C@]43C)C12. The molecule has 6 aliphatic rings. The molecule has 5 heteroatoms. The van der Waals surface area contributed by atoms with Gasteiger partial charge in [0.2, 0.25) is 0 Å². The Morgan fingerprint density at radius 2 is 1.62 bits per heavy atom.